The topological polar surface area (TPSA) is 59.3 Å². The quantitative estimate of drug-likeness (QED) is 0.883. The smallest absolute Gasteiger partial charge is 0.312 e. The molecular weight excluding hydrogens is 274 g/mol. The fourth-order valence-electron chi connectivity index (χ4n) is 2.77. The van der Waals surface area contributed by atoms with Gasteiger partial charge in [-0.15, -0.1) is 11.3 Å². The summed E-state index contributed by atoms with van der Waals surface area (Å²) >= 11 is 1.47. The van der Waals surface area contributed by atoms with E-state index in [-0.39, 0.29) is 5.78 Å². The largest absolute Gasteiger partial charge is 0.481 e. The van der Waals surface area contributed by atoms with Crippen LogP contribution in [-0.4, -0.2) is 21.4 Å². The second-order valence-corrected chi connectivity index (χ2v) is 6.36. The molecule has 0 spiro atoms. The molecule has 0 amide bonds. The van der Waals surface area contributed by atoms with Crippen molar-refractivity contribution in [3.63, 3.8) is 0 Å². The highest BCUT2D eigenvalue weighted by Gasteiger charge is 2.29. The summed E-state index contributed by atoms with van der Waals surface area (Å²) < 4.78 is 1.87. The van der Waals surface area contributed by atoms with E-state index in [0.29, 0.717) is 17.0 Å². The zero-order valence-electron chi connectivity index (χ0n) is 11.1. The van der Waals surface area contributed by atoms with Crippen LogP contribution < -0.4 is 0 Å². The molecule has 3 rings (SSSR count). The molecule has 0 radical (unpaired) electrons. The Balaban J connectivity index is 2.00. The zero-order valence-corrected chi connectivity index (χ0v) is 11.9. The number of thiophene rings is 1. The highest BCUT2D eigenvalue weighted by molar-refractivity contribution is 7.14. The number of aryl methyl sites for hydroxylation is 1. The minimum Gasteiger partial charge on any atom is -0.481 e. The summed E-state index contributed by atoms with van der Waals surface area (Å²) in [4.78, 5) is 25.6. The lowest BCUT2D eigenvalue weighted by Crippen LogP contribution is -2.23. The van der Waals surface area contributed by atoms with Gasteiger partial charge in [-0.1, -0.05) is 0 Å². The Morgan fingerprint density at radius 2 is 2.10 bits per heavy atom. The molecule has 104 valence electrons. The first-order valence-corrected chi connectivity index (χ1v) is 7.43. The van der Waals surface area contributed by atoms with Crippen molar-refractivity contribution in [2.24, 2.45) is 0 Å². The number of nitrogens with zero attached hydrogens (tertiary/aromatic N) is 1. The van der Waals surface area contributed by atoms with E-state index in [9.17, 15) is 14.7 Å². The fourth-order valence-corrected chi connectivity index (χ4v) is 3.59. The second-order valence-electron chi connectivity index (χ2n) is 5.07. The van der Waals surface area contributed by atoms with E-state index in [4.69, 9.17) is 0 Å². The van der Waals surface area contributed by atoms with Gasteiger partial charge in [-0.05, 0) is 44.0 Å². The third-order valence-corrected chi connectivity index (χ3v) is 4.74. The van der Waals surface area contributed by atoms with Gasteiger partial charge in [0.05, 0.1) is 16.5 Å². The third kappa shape index (κ3) is 2.08. The van der Waals surface area contributed by atoms with Crippen LogP contribution in [0.5, 0.6) is 0 Å². The number of hydrogen-bond donors (Lipinski definition) is 1. The number of carboxylic acids is 1. The van der Waals surface area contributed by atoms with Crippen molar-refractivity contribution in [2.75, 3.05) is 0 Å². The highest BCUT2D eigenvalue weighted by atomic mass is 32.1. The van der Waals surface area contributed by atoms with Gasteiger partial charge in [0.15, 0.2) is 0 Å². The summed E-state index contributed by atoms with van der Waals surface area (Å²) in [5.74, 6) is -1.31. The Kier molecular flexibility index (Phi) is 3.22. The van der Waals surface area contributed by atoms with Crippen molar-refractivity contribution >= 4 is 23.1 Å². The molecule has 0 saturated carbocycles. The monoisotopic (exact) mass is 289 g/mol. The predicted molar refractivity (Wildman–Crippen MR) is 76.5 cm³/mol. The number of aromatic nitrogens is 1. The number of carboxylic acid groups (broad SMARTS) is 1. The number of rotatable bonds is 3. The molecule has 20 heavy (non-hydrogen) atoms. The molecule has 5 heteroatoms. The first-order valence-electron chi connectivity index (χ1n) is 6.61. The van der Waals surface area contributed by atoms with Gasteiger partial charge >= 0.3 is 5.97 Å². The number of carbonyl (C=O) groups excluding carboxylic acids is 1. The van der Waals surface area contributed by atoms with Crippen LogP contribution in [0.2, 0.25) is 0 Å². The van der Waals surface area contributed by atoms with E-state index >= 15 is 0 Å². The van der Waals surface area contributed by atoms with Crippen LogP contribution in [0.4, 0.5) is 0 Å². The first-order chi connectivity index (χ1) is 9.58. The molecular formula is C15H15NO3S. The number of aliphatic carboxylic acids is 1. The number of ketones is 1. The summed E-state index contributed by atoms with van der Waals surface area (Å²) in [6.07, 6.45) is 1.44. The van der Waals surface area contributed by atoms with Crippen LogP contribution in [-0.2, 0) is 11.3 Å². The van der Waals surface area contributed by atoms with Crippen molar-refractivity contribution in [3.8, 4) is 0 Å². The van der Waals surface area contributed by atoms with E-state index in [1.807, 2.05) is 23.6 Å². The summed E-state index contributed by atoms with van der Waals surface area (Å²) in [5, 5.41) is 9.26. The van der Waals surface area contributed by atoms with Gasteiger partial charge < -0.3 is 9.67 Å². The van der Waals surface area contributed by atoms with Gasteiger partial charge in [-0.25, -0.2) is 0 Å². The first kappa shape index (κ1) is 13.1. The predicted octanol–water partition coefficient (Wildman–Crippen LogP) is 3.05. The standard InChI is InChI=1S/C15H15NO3S/c1-9-4-7-13(20-9)14(17)12-6-5-11-10(15(18)19)3-2-8-16(11)12/h4-7,10H,2-3,8H2,1H3,(H,18,19). The van der Waals surface area contributed by atoms with Crippen molar-refractivity contribution < 1.29 is 14.7 Å². The lowest BCUT2D eigenvalue weighted by Gasteiger charge is -2.23. The van der Waals surface area contributed by atoms with Crippen LogP contribution in [0.1, 0.15) is 44.7 Å². The zero-order chi connectivity index (χ0) is 14.3. The molecule has 2 aromatic rings. The SMILES string of the molecule is Cc1ccc(C(=O)c2ccc3n2CCCC3C(=O)O)s1. The maximum atomic E-state index is 12.5. The highest BCUT2D eigenvalue weighted by Crippen LogP contribution is 2.31. The van der Waals surface area contributed by atoms with E-state index in [2.05, 4.69) is 0 Å². The Hall–Kier alpha value is -1.88. The van der Waals surface area contributed by atoms with Gasteiger partial charge in [0, 0.05) is 17.1 Å². The summed E-state index contributed by atoms with van der Waals surface area (Å²) in [6.45, 7) is 2.69. The molecule has 0 aliphatic carbocycles. The van der Waals surface area contributed by atoms with Crippen LogP contribution >= 0.6 is 11.3 Å². The van der Waals surface area contributed by atoms with E-state index < -0.39 is 11.9 Å². The molecule has 0 fully saturated rings. The summed E-state index contributed by atoms with van der Waals surface area (Å²) in [6, 6.07) is 7.30. The molecule has 0 aromatic carbocycles. The van der Waals surface area contributed by atoms with Crippen molar-refractivity contribution in [2.45, 2.75) is 32.2 Å². The van der Waals surface area contributed by atoms with Crippen LogP contribution in [0.25, 0.3) is 0 Å². The van der Waals surface area contributed by atoms with Gasteiger partial charge in [0.25, 0.3) is 0 Å². The second kappa shape index (κ2) is 4.90. The van der Waals surface area contributed by atoms with E-state index in [1.165, 1.54) is 11.3 Å². The molecule has 1 aliphatic rings. The number of carbonyl (C=O) groups is 2. The molecule has 1 aliphatic heterocycles. The fraction of sp³-hybridized carbons (Fsp3) is 0.333. The van der Waals surface area contributed by atoms with Crippen LogP contribution in [0.3, 0.4) is 0 Å². The Labute approximate surface area is 120 Å². The van der Waals surface area contributed by atoms with Gasteiger partial charge in [-0.2, -0.15) is 0 Å². The molecule has 0 bridgehead atoms. The van der Waals surface area contributed by atoms with Gasteiger partial charge in [-0.3, -0.25) is 9.59 Å². The molecule has 1 unspecified atom stereocenters. The van der Waals surface area contributed by atoms with Crippen molar-refractivity contribution in [1.82, 2.24) is 4.57 Å². The van der Waals surface area contributed by atoms with Crippen LogP contribution in [0, 0.1) is 6.92 Å². The van der Waals surface area contributed by atoms with E-state index in [0.717, 1.165) is 23.5 Å². The normalized spacial score (nSPS) is 17.8. The molecule has 1 atom stereocenters. The average molecular weight is 289 g/mol. The molecule has 0 saturated heterocycles. The summed E-state index contributed by atoms with van der Waals surface area (Å²) in [5.41, 5.74) is 1.35. The third-order valence-electron chi connectivity index (χ3n) is 3.74. The molecule has 1 N–H and O–H groups in total. The van der Waals surface area contributed by atoms with E-state index in [1.54, 1.807) is 12.1 Å². The Morgan fingerprint density at radius 3 is 2.75 bits per heavy atom. The minimum atomic E-state index is -0.810. The maximum Gasteiger partial charge on any atom is 0.312 e. The molecule has 3 heterocycles. The Morgan fingerprint density at radius 1 is 1.30 bits per heavy atom. The number of hydrogen-bond acceptors (Lipinski definition) is 3. The average Bonchev–Trinajstić information content (AvgIpc) is 3.03. The van der Waals surface area contributed by atoms with Crippen molar-refractivity contribution in [1.29, 1.82) is 0 Å². The Bertz CT molecular complexity index is 683. The summed E-state index contributed by atoms with van der Waals surface area (Å²) in [7, 11) is 0. The maximum absolute atomic E-state index is 12.5. The van der Waals surface area contributed by atoms with Crippen molar-refractivity contribution in [3.05, 3.63) is 45.4 Å². The molecule has 2 aromatic heterocycles. The number of fused-ring (bicyclic) bond motifs is 1. The van der Waals surface area contributed by atoms with Gasteiger partial charge in [0.2, 0.25) is 5.78 Å². The molecule has 4 nitrogen and oxygen atoms in total. The van der Waals surface area contributed by atoms with Gasteiger partial charge in [0.1, 0.15) is 0 Å². The lowest BCUT2D eigenvalue weighted by molar-refractivity contribution is -0.139. The minimum absolute atomic E-state index is 0.0135. The van der Waals surface area contributed by atoms with Crippen LogP contribution in [0.15, 0.2) is 24.3 Å². The lowest BCUT2D eigenvalue weighted by atomic mass is 9.96.